The van der Waals surface area contributed by atoms with Gasteiger partial charge in [0.2, 0.25) is 41.4 Å². The van der Waals surface area contributed by atoms with Gasteiger partial charge >= 0.3 is 0 Å². The molecule has 0 aromatic heterocycles. The van der Waals surface area contributed by atoms with E-state index >= 15 is 0 Å². The van der Waals surface area contributed by atoms with E-state index in [1.54, 1.807) is 6.92 Å². The first-order valence-electron chi connectivity index (χ1n) is 51.8. The highest BCUT2D eigenvalue weighted by atomic mass is 31.3. The fraction of sp³-hybridized carbons (Fsp3) is 0.724. The summed E-state index contributed by atoms with van der Waals surface area (Å²) in [5.74, 6) is -6.01. The van der Waals surface area contributed by atoms with Gasteiger partial charge in [-0.3, -0.25) is 47.2 Å². The normalized spacial score (nSPS) is 32.2. The van der Waals surface area contributed by atoms with Crippen LogP contribution in [0.3, 0.4) is 0 Å². The number of allylic oxidation sites excluding steroid dienone is 21. The number of carbonyl (C=O) groups is 7. The highest BCUT2D eigenvalue weighted by Gasteiger charge is 2.60. The number of ether oxygens (including phenoxy) is 11. The van der Waals surface area contributed by atoms with Crippen molar-refractivity contribution in [1.29, 1.82) is 0 Å². The fourth-order valence-corrected chi connectivity index (χ4v) is 20.5. The monoisotopic (exact) mass is 2170 g/mol. The third-order valence-electron chi connectivity index (χ3n) is 26.7. The van der Waals surface area contributed by atoms with Gasteiger partial charge in [-0.1, -0.05) is 128 Å². The van der Waals surface area contributed by atoms with Gasteiger partial charge in [0, 0.05) is 48.5 Å². The van der Waals surface area contributed by atoms with Crippen LogP contribution >= 0.6 is 15.6 Å². The number of aliphatic hydroxyl groups excluding tert-OH is 11. The summed E-state index contributed by atoms with van der Waals surface area (Å²) in [6.07, 6.45) is 0.807. The predicted octanol–water partition coefficient (Wildman–Crippen LogP) is 6.16. The van der Waals surface area contributed by atoms with Crippen molar-refractivity contribution in [2.75, 3.05) is 39.6 Å². The quantitative estimate of drug-likeness (QED) is 0.0239. The van der Waals surface area contributed by atoms with Gasteiger partial charge in [-0.2, -0.15) is 0 Å². The Labute approximate surface area is 882 Å². The topological polar surface area (TPSA) is 636 Å². The van der Waals surface area contributed by atoms with E-state index in [0.717, 1.165) is 170 Å². The molecule has 0 spiro atoms. The van der Waals surface area contributed by atoms with E-state index in [0.29, 0.717) is 18.4 Å². The molecule has 7 amide bonds. The summed E-state index contributed by atoms with van der Waals surface area (Å²) in [6.45, 7) is 28.4. The van der Waals surface area contributed by atoms with Gasteiger partial charge in [-0.05, 0) is 218 Å². The van der Waals surface area contributed by atoms with Crippen LogP contribution in [0.4, 0.5) is 0 Å². The second kappa shape index (κ2) is 65.7. The summed E-state index contributed by atoms with van der Waals surface area (Å²) in [5.41, 5.74) is 14.7. The summed E-state index contributed by atoms with van der Waals surface area (Å²) in [6, 6.07) is -12.4. The van der Waals surface area contributed by atoms with Crippen molar-refractivity contribution >= 4 is 57.0 Å². The lowest BCUT2D eigenvalue weighted by molar-refractivity contribution is -0.369. The third-order valence-corrected chi connectivity index (χ3v) is 29.2. The van der Waals surface area contributed by atoms with Crippen molar-refractivity contribution in [2.45, 2.75) is 451 Å². The smallest absolute Gasteiger partial charge is 0.276 e. The van der Waals surface area contributed by atoms with E-state index in [9.17, 15) is 109 Å². The van der Waals surface area contributed by atoms with Gasteiger partial charge in [-0.15, -0.1) is 0 Å². The molecule has 43 nitrogen and oxygen atoms in total. The number of nitrogens with one attached hydrogen (secondary N) is 7. The zero-order valence-electron chi connectivity index (χ0n) is 90.6. The van der Waals surface area contributed by atoms with Crippen molar-refractivity contribution in [2.24, 2.45) is 0 Å². The molecular formula is C105H171N7O36P2-2. The summed E-state index contributed by atoms with van der Waals surface area (Å²) in [7, 11) is -12.0. The van der Waals surface area contributed by atoms with E-state index in [2.05, 4.69) is 172 Å². The molecule has 6 saturated heterocycles. The van der Waals surface area contributed by atoms with E-state index in [1.807, 2.05) is 6.92 Å². The standard InChI is InChI=1S/C105H173N7O36P2/c1-58(2)31-21-32-59(3)33-22-34-60(4)35-23-36-61(5)37-24-38-62(6)39-25-40-63(7)41-26-42-64(8)43-27-44-65(9)45-28-46-66(10)47-29-48-67(11)49-30-50-68(12)51-52-135-149(131,132)148-150(133,134)147-105-88(112-76(20)124)99(82(69(13)136-105)106-70(14)118)146-104-87(111-75(19)123)94(130)98(81(57-117)141-104)145-103-86(110-74(18)122)93(129)97(80(56-116)140-103)144-102-85(109-73(17)121)92(128)96(79(55-115)139-102)143-101-84(108-72(16)120)91(127)95(78(54-114)138-101)142-100-83(107-71(15)119)90(126)89(125)77(53-113)137-100/h31,33,35,37,39,41,43,45,47,49,51,69,77-105,113-117,125-130H,21-30,32,34,36,38,40,42,44,46,48,50,52-57H2,1-20H3,(H,106,118)(H,107,119)(H,108,120)(H,109,121)(H,110,122)(H,111,123)(H,112,124)(H,131,132)(H,133,134)/p-2/b59-33+,60-35+,61-37+,62-39-,63-41-,64-43-,65-45-,66-47-,67-49-,68-51-/t69-,77-,78-,79-,80-,81-,82-,83-,84-,85-,86-,87-,88-,89+,90-,91-,92-,93-,94-,95+,96+,97+,98+,99+,100+,101-,102+,103-,104-,105-/m1/s1. The van der Waals surface area contributed by atoms with Crippen LogP contribution in [0.1, 0.15) is 267 Å². The lowest BCUT2D eigenvalue weighted by Crippen LogP contribution is -2.73. The fourth-order valence-electron chi connectivity index (χ4n) is 18.5. The van der Waals surface area contributed by atoms with Crippen LogP contribution in [0.2, 0.25) is 0 Å². The molecular weight excluding hydrogens is 2000 g/mol. The van der Waals surface area contributed by atoms with Gasteiger partial charge in [0.25, 0.3) is 15.6 Å². The molecule has 150 heavy (non-hydrogen) atoms. The average Bonchev–Trinajstić information content (AvgIpc) is 0.758. The summed E-state index contributed by atoms with van der Waals surface area (Å²) < 4.78 is 109. The van der Waals surface area contributed by atoms with Crippen LogP contribution in [0, 0.1) is 0 Å². The molecule has 0 saturated carbocycles. The second-order valence-electron chi connectivity index (χ2n) is 40.4. The Bertz CT molecular complexity index is 4750. The number of hydrogen-bond acceptors (Lipinski definition) is 36. The first kappa shape index (κ1) is 131. The van der Waals surface area contributed by atoms with E-state index in [1.165, 1.54) is 63.2 Å². The molecule has 2 unspecified atom stereocenters. The minimum absolute atomic E-state index is 0.489. The molecule has 854 valence electrons. The van der Waals surface area contributed by atoms with Crippen molar-refractivity contribution < 1.29 is 174 Å². The van der Waals surface area contributed by atoms with Gasteiger partial charge < -0.3 is 160 Å². The minimum Gasteiger partial charge on any atom is -0.756 e. The first-order chi connectivity index (χ1) is 70.7. The molecule has 32 atom stereocenters. The number of phosphoric ester groups is 2. The molecule has 6 aliphatic rings. The second-order valence-corrected chi connectivity index (χ2v) is 43.3. The molecule has 0 radical (unpaired) electrons. The number of hydrogen-bond donors (Lipinski definition) is 18. The van der Waals surface area contributed by atoms with Gasteiger partial charge in [0.1, 0.15) is 134 Å². The van der Waals surface area contributed by atoms with Crippen molar-refractivity contribution in [3.8, 4) is 0 Å². The Hall–Kier alpha value is -7.19. The summed E-state index contributed by atoms with van der Waals surface area (Å²) >= 11 is 0. The maximum absolute atomic E-state index is 13.8. The predicted molar refractivity (Wildman–Crippen MR) is 549 cm³/mol. The number of amides is 7. The third kappa shape index (κ3) is 44.5. The van der Waals surface area contributed by atoms with E-state index in [4.69, 9.17) is 61.2 Å². The largest absolute Gasteiger partial charge is 0.756 e. The summed E-state index contributed by atoms with van der Waals surface area (Å²) in [4.78, 5) is 118. The van der Waals surface area contributed by atoms with Crippen molar-refractivity contribution in [1.82, 2.24) is 37.2 Å². The van der Waals surface area contributed by atoms with Crippen LogP contribution in [0.25, 0.3) is 0 Å². The Kier molecular flexibility index (Phi) is 57.6. The molecule has 0 aliphatic carbocycles. The van der Waals surface area contributed by atoms with E-state index in [-0.39, 0.29) is 0 Å². The lowest BCUT2D eigenvalue weighted by atomic mass is 9.92. The van der Waals surface area contributed by atoms with Gasteiger partial charge in [0.05, 0.1) is 51.8 Å². The molecule has 0 bridgehead atoms. The lowest BCUT2D eigenvalue weighted by Gasteiger charge is -2.52. The number of carbonyl (C=O) groups excluding carboxylic acids is 7. The molecule has 6 fully saturated rings. The van der Waals surface area contributed by atoms with E-state index < -0.39 is 280 Å². The van der Waals surface area contributed by atoms with Gasteiger partial charge in [0.15, 0.2) is 37.7 Å². The minimum atomic E-state index is -6.18. The maximum atomic E-state index is 13.8. The van der Waals surface area contributed by atoms with Crippen LogP contribution < -0.4 is 47.0 Å². The molecule has 45 heteroatoms. The Balaban J connectivity index is 1.01. The highest BCUT2D eigenvalue weighted by molar-refractivity contribution is 7.59. The molecule has 6 heterocycles. The zero-order chi connectivity index (χ0) is 112. The number of rotatable bonds is 59. The Morgan fingerprint density at radius 3 is 0.720 bits per heavy atom. The zero-order valence-corrected chi connectivity index (χ0v) is 92.4. The molecule has 0 aromatic carbocycles. The van der Waals surface area contributed by atoms with Crippen LogP contribution in [-0.4, -0.2) is 321 Å². The Morgan fingerprint density at radius 1 is 0.267 bits per heavy atom. The maximum Gasteiger partial charge on any atom is 0.276 e. The van der Waals surface area contributed by atoms with Crippen LogP contribution in [-0.2, 0) is 108 Å². The Morgan fingerprint density at radius 2 is 0.480 bits per heavy atom. The first-order valence-corrected chi connectivity index (χ1v) is 54.7. The van der Waals surface area contributed by atoms with Crippen molar-refractivity contribution in [3.05, 3.63) is 128 Å². The average molecular weight is 2170 g/mol. The molecule has 18 N–H and O–H groups in total. The molecule has 0 aromatic rings. The molecule has 6 rings (SSSR count). The van der Waals surface area contributed by atoms with Crippen molar-refractivity contribution in [3.63, 3.8) is 0 Å². The van der Waals surface area contributed by atoms with Gasteiger partial charge in [-0.25, -0.2) is 4.31 Å². The molecule has 6 aliphatic heterocycles. The highest BCUT2D eigenvalue weighted by Crippen LogP contribution is 2.57. The van der Waals surface area contributed by atoms with Crippen LogP contribution in [0.15, 0.2) is 128 Å². The number of aliphatic hydroxyl groups is 11. The van der Waals surface area contributed by atoms with Crippen LogP contribution in [0.5, 0.6) is 0 Å². The summed E-state index contributed by atoms with van der Waals surface area (Å²) in [5, 5.41) is 142. The SMILES string of the molecule is CC(=O)N[C@H]1[C@H](O[C@@H]2[C@H](O)[C@@H](NC(C)=O)[C@@H](O[C@@H]3[C@H](O)[C@@H](NC(C)=O)[C@@H](O[C@@H]4[C@@H](NC(C)=O)[C@@H](OP(=O)([O-])OP(=O)([O-])OC/C=C(/C)CC/C=C(/C)CC/C=C(/C)CC/C=C(/C)CC/C=C(/C)CC/C=C(/C)CC/C=C(/C)CC/C=C(\C)CC/C=C(\C)CC/C=C(\C)CCC=C(C)C)O[C@H](C)[C@H]4NC(C)=O)O[C@@H]3CO)O[C@@H]2CO)O[C@H](CO)[C@H](O[C@H]2O[C@H](CO)[C@H](O[C@@H]3O[C@H](CO)[C@H](O)[C@H](O)[C@H]3NC(C)=O)[C@H](O)[C@H]2NC(C)=O)[C@@H]1O. The number of phosphoric acid groups is 2.